The van der Waals surface area contributed by atoms with Crippen molar-refractivity contribution < 1.29 is 14.0 Å². The second-order valence-corrected chi connectivity index (χ2v) is 6.88. The molecule has 8 heteroatoms. The highest BCUT2D eigenvalue weighted by atomic mass is 32.1. The summed E-state index contributed by atoms with van der Waals surface area (Å²) in [6.07, 6.45) is 0. The first-order valence-corrected chi connectivity index (χ1v) is 9.59. The van der Waals surface area contributed by atoms with Crippen LogP contribution in [0.3, 0.4) is 0 Å². The Bertz CT molecular complexity index is 1180. The molecule has 0 saturated heterocycles. The van der Waals surface area contributed by atoms with E-state index in [9.17, 15) is 14.0 Å². The maximum absolute atomic E-state index is 13.1. The van der Waals surface area contributed by atoms with Gasteiger partial charge in [-0.1, -0.05) is 24.3 Å². The van der Waals surface area contributed by atoms with E-state index in [1.807, 2.05) is 30.3 Å². The number of hydrogen-bond donors (Lipinski definition) is 3. The Morgan fingerprint density at radius 3 is 2.52 bits per heavy atom. The Kier molecular flexibility index (Phi) is 5.17. The van der Waals surface area contributed by atoms with Gasteiger partial charge in [0, 0.05) is 16.3 Å². The van der Waals surface area contributed by atoms with Crippen LogP contribution in [0.5, 0.6) is 0 Å². The van der Waals surface area contributed by atoms with Crippen LogP contribution in [0.25, 0.3) is 10.8 Å². The van der Waals surface area contributed by atoms with Crippen LogP contribution in [-0.4, -0.2) is 16.8 Å². The van der Waals surface area contributed by atoms with E-state index < -0.39 is 5.82 Å². The largest absolute Gasteiger partial charge is 0.321 e. The van der Waals surface area contributed by atoms with Gasteiger partial charge in [0.2, 0.25) is 0 Å². The highest BCUT2D eigenvalue weighted by Gasteiger charge is 2.11. The molecule has 1 heterocycles. The van der Waals surface area contributed by atoms with Crippen molar-refractivity contribution in [2.75, 3.05) is 10.7 Å². The van der Waals surface area contributed by atoms with E-state index in [1.54, 1.807) is 17.0 Å². The number of fused-ring (bicyclic) bond motifs is 1. The number of carbonyl (C=O) groups is 2. The van der Waals surface area contributed by atoms with Crippen LogP contribution in [0.1, 0.15) is 20.8 Å². The van der Waals surface area contributed by atoms with Crippen LogP contribution in [0.15, 0.2) is 71.6 Å². The van der Waals surface area contributed by atoms with Crippen molar-refractivity contribution >= 4 is 45.3 Å². The fraction of sp³-hybridized carbons (Fsp3) is 0. The van der Waals surface area contributed by atoms with Crippen molar-refractivity contribution in [2.45, 2.75) is 0 Å². The zero-order chi connectivity index (χ0) is 20.2. The molecule has 0 aliphatic carbocycles. The van der Waals surface area contributed by atoms with Crippen molar-refractivity contribution in [2.24, 2.45) is 0 Å². The van der Waals surface area contributed by atoms with Gasteiger partial charge < -0.3 is 5.32 Å². The number of amides is 2. The normalized spacial score (nSPS) is 10.5. The van der Waals surface area contributed by atoms with Gasteiger partial charge in [-0.25, -0.2) is 9.37 Å². The molecule has 144 valence electrons. The summed E-state index contributed by atoms with van der Waals surface area (Å²) in [5, 5.41) is 6.20. The summed E-state index contributed by atoms with van der Waals surface area (Å²) in [6, 6.07) is 16.4. The van der Waals surface area contributed by atoms with Crippen molar-refractivity contribution in [3.8, 4) is 0 Å². The molecule has 6 nitrogen and oxygen atoms in total. The maximum atomic E-state index is 13.1. The molecule has 29 heavy (non-hydrogen) atoms. The molecule has 4 aromatic rings. The summed E-state index contributed by atoms with van der Waals surface area (Å²) < 4.78 is 13.1. The minimum atomic E-state index is -0.408. The molecule has 0 bridgehead atoms. The molecule has 2 amide bonds. The number of hydrogen-bond acceptors (Lipinski definition) is 5. The van der Waals surface area contributed by atoms with Crippen molar-refractivity contribution in [3.63, 3.8) is 0 Å². The molecule has 3 N–H and O–H groups in total. The molecule has 3 aromatic carbocycles. The average Bonchev–Trinajstić information content (AvgIpc) is 3.27. The predicted molar refractivity (Wildman–Crippen MR) is 112 cm³/mol. The van der Waals surface area contributed by atoms with Crippen molar-refractivity contribution in [1.29, 1.82) is 0 Å². The third kappa shape index (κ3) is 4.22. The van der Waals surface area contributed by atoms with Gasteiger partial charge >= 0.3 is 0 Å². The Morgan fingerprint density at radius 1 is 0.966 bits per heavy atom. The third-order valence-corrected chi connectivity index (χ3v) is 4.79. The summed E-state index contributed by atoms with van der Waals surface area (Å²) in [4.78, 5) is 28.6. The number of benzene rings is 3. The van der Waals surface area contributed by atoms with Gasteiger partial charge in [-0.15, -0.1) is 11.3 Å². The van der Waals surface area contributed by atoms with Gasteiger partial charge in [0.1, 0.15) is 11.5 Å². The number of nitrogens with zero attached hydrogens (tertiary/aromatic N) is 1. The Hall–Kier alpha value is -3.78. The highest BCUT2D eigenvalue weighted by Crippen LogP contribution is 2.28. The SMILES string of the molecule is O=C(Nc1cc(NNC(=O)c2cscn2)cc2ccccc12)c1ccc(F)cc1. The summed E-state index contributed by atoms with van der Waals surface area (Å²) in [7, 11) is 0. The Balaban J connectivity index is 1.59. The molecule has 1 aromatic heterocycles. The molecule has 0 spiro atoms. The smallest absolute Gasteiger partial charge is 0.289 e. The van der Waals surface area contributed by atoms with Gasteiger partial charge in [-0.2, -0.15) is 0 Å². The van der Waals surface area contributed by atoms with Crippen LogP contribution >= 0.6 is 11.3 Å². The second-order valence-electron chi connectivity index (χ2n) is 6.16. The molecule has 0 unspecified atom stereocenters. The molecule has 0 atom stereocenters. The van der Waals surface area contributed by atoms with Gasteiger partial charge in [0.25, 0.3) is 11.8 Å². The predicted octanol–water partition coefficient (Wildman–Crippen LogP) is 4.44. The molecule has 0 saturated carbocycles. The highest BCUT2D eigenvalue weighted by molar-refractivity contribution is 7.07. The minimum absolute atomic E-state index is 0.313. The third-order valence-electron chi connectivity index (χ3n) is 4.20. The first kappa shape index (κ1) is 18.6. The van der Waals surface area contributed by atoms with Gasteiger partial charge in [0.05, 0.1) is 16.9 Å². The zero-order valence-electron chi connectivity index (χ0n) is 15.0. The molecule has 0 radical (unpaired) electrons. The summed E-state index contributed by atoms with van der Waals surface area (Å²) in [5.74, 6) is -1.14. The molecule has 0 aliphatic rings. The summed E-state index contributed by atoms with van der Waals surface area (Å²) in [5.41, 5.74) is 8.81. The number of carbonyl (C=O) groups excluding carboxylic acids is 2. The summed E-state index contributed by atoms with van der Waals surface area (Å²) >= 11 is 1.33. The number of rotatable bonds is 5. The standard InChI is InChI=1S/C21H15FN4O2S/c22-15-7-5-13(6-8-15)20(27)24-18-10-16(9-14-3-1-2-4-17(14)18)25-26-21(28)19-11-29-12-23-19/h1-12,25H,(H,24,27)(H,26,28). The van der Waals surface area contributed by atoms with E-state index in [0.29, 0.717) is 22.6 Å². The number of halogens is 1. The second kappa shape index (κ2) is 8.07. The number of hydrazine groups is 1. The number of aromatic nitrogens is 1. The minimum Gasteiger partial charge on any atom is -0.321 e. The molecule has 4 rings (SSSR count). The lowest BCUT2D eigenvalue weighted by Gasteiger charge is -2.13. The van der Waals surface area contributed by atoms with Crippen LogP contribution in [0.4, 0.5) is 15.8 Å². The number of thiazole rings is 1. The molecular formula is C21H15FN4O2S. The van der Waals surface area contributed by atoms with E-state index in [-0.39, 0.29) is 11.8 Å². The average molecular weight is 406 g/mol. The maximum Gasteiger partial charge on any atom is 0.289 e. The first-order chi connectivity index (χ1) is 14.1. The topological polar surface area (TPSA) is 83.1 Å². The number of anilines is 2. The molecular weight excluding hydrogens is 391 g/mol. The van der Waals surface area contributed by atoms with Crippen molar-refractivity contribution in [1.82, 2.24) is 10.4 Å². The fourth-order valence-corrected chi connectivity index (χ4v) is 3.33. The fourth-order valence-electron chi connectivity index (χ4n) is 2.80. The van der Waals surface area contributed by atoms with E-state index in [4.69, 9.17) is 0 Å². The Morgan fingerprint density at radius 2 is 1.76 bits per heavy atom. The van der Waals surface area contributed by atoms with Gasteiger partial charge in [-0.05, 0) is 41.8 Å². The lowest BCUT2D eigenvalue weighted by Crippen LogP contribution is -2.29. The molecule has 0 aliphatic heterocycles. The van der Waals surface area contributed by atoms with E-state index in [1.165, 1.54) is 35.6 Å². The number of nitrogens with one attached hydrogen (secondary N) is 3. The van der Waals surface area contributed by atoms with Crippen molar-refractivity contribution in [3.05, 3.63) is 88.6 Å². The monoisotopic (exact) mass is 406 g/mol. The van der Waals surface area contributed by atoms with E-state index >= 15 is 0 Å². The van der Waals surface area contributed by atoms with Crippen LogP contribution in [-0.2, 0) is 0 Å². The lowest BCUT2D eigenvalue weighted by molar-refractivity contribution is 0.0957. The van der Waals surface area contributed by atoms with Crippen LogP contribution in [0, 0.1) is 5.82 Å². The van der Waals surface area contributed by atoms with Gasteiger partial charge in [-0.3, -0.25) is 20.4 Å². The summed E-state index contributed by atoms with van der Waals surface area (Å²) in [6.45, 7) is 0. The van der Waals surface area contributed by atoms with Crippen LogP contribution in [0.2, 0.25) is 0 Å². The first-order valence-electron chi connectivity index (χ1n) is 8.64. The van der Waals surface area contributed by atoms with Crippen LogP contribution < -0.4 is 16.2 Å². The van der Waals surface area contributed by atoms with E-state index in [2.05, 4.69) is 21.2 Å². The lowest BCUT2D eigenvalue weighted by atomic mass is 10.1. The van der Waals surface area contributed by atoms with E-state index in [0.717, 1.165) is 10.8 Å². The molecule has 0 fully saturated rings. The zero-order valence-corrected chi connectivity index (χ0v) is 15.8. The quantitative estimate of drug-likeness (QED) is 0.428. The van der Waals surface area contributed by atoms with Gasteiger partial charge in [0.15, 0.2) is 0 Å². The Labute approximate surface area is 169 Å².